The van der Waals surface area contributed by atoms with Gasteiger partial charge in [-0.25, -0.2) is 8.78 Å². The normalized spacial score (nSPS) is 10.6. The monoisotopic (exact) mass is 361 g/mol. The molecule has 0 fully saturated rings. The summed E-state index contributed by atoms with van der Waals surface area (Å²) in [5.74, 6) is -1.73. The van der Waals surface area contributed by atoms with Gasteiger partial charge in [-0.1, -0.05) is 30.3 Å². The van der Waals surface area contributed by atoms with Crippen LogP contribution >= 0.6 is 0 Å². The maximum atomic E-state index is 13.9. The summed E-state index contributed by atoms with van der Waals surface area (Å²) in [5.41, 5.74) is 0.428. The Morgan fingerprint density at radius 1 is 0.923 bits per heavy atom. The summed E-state index contributed by atoms with van der Waals surface area (Å²) in [7, 11) is 0. The summed E-state index contributed by atoms with van der Waals surface area (Å²) in [4.78, 5) is 25.6. The van der Waals surface area contributed by atoms with E-state index in [1.165, 1.54) is 29.2 Å². The van der Waals surface area contributed by atoms with Gasteiger partial charge in [0.25, 0.3) is 0 Å². The first-order valence-electron chi connectivity index (χ1n) is 8.26. The summed E-state index contributed by atoms with van der Waals surface area (Å²) in [6.45, 7) is 2.05. The van der Waals surface area contributed by atoms with Crippen LogP contribution in [0.2, 0.25) is 0 Å². The minimum Gasteiger partial charge on any atom is -0.355 e. The summed E-state index contributed by atoms with van der Waals surface area (Å²) >= 11 is 0. The van der Waals surface area contributed by atoms with Gasteiger partial charge < -0.3 is 10.6 Å². The summed E-state index contributed by atoms with van der Waals surface area (Å²) < 4.78 is 27.6. The number of benzene rings is 2. The second kappa shape index (κ2) is 9.62. The Morgan fingerprint density at radius 2 is 1.54 bits per heavy atom. The van der Waals surface area contributed by atoms with E-state index in [1.54, 1.807) is 31.2 Å². The first-order valence-corrected chi connectivity index (χ1v) is 8.26. The van der Waals surface area contributed by atoms with Gasteiger partial charge in [-0.2, -0.15) is 0 Å². The average molecular weight is 361 g/mol. The Bertz CT molecular complexity index is 768. The van der Waals surface area contributed by atoms with Gasteiger partial charge in [0.05, 0.1) is 18.8 Å². The van der Waals surface area contributed by atoms with Crippen molar-refractivity contribution >= 4 is 17.5 Å². The van der Waals surface area contributed by atoms with E-state index in [2.05, 4.69) is 10.6 Å². The Balaban J connectivity index is 2.07. The van der Waals surface area contributed by atoms with E-state index in [4.69, 9.17) is 0 Å². The molecule has 0 saturated heterocycles. The fourth-order valence-electron chi connectivity index (χ4n) is 2.45. The van der Waals surface area contributed by atoms with Crippen molar-refractivity contribution in [2.75, 3.05) is 25.0 Å². The number of amides is 2. The highest BCUT2D eigenvalue weighted by atomic mass is 19.1. The largest absolute Gasteiger partial charge is 0.355 e. The SMILES string of the molecule is CCNC(=O)CN(CC(=O)Nc1ccccc1F)Cc1ccccc1F. The molecular formula is C19H21F2N3O2. The smallest absolute Gasteiger partial charge is 0.238 e. The Morgan fingerprint density at radius 3 is 2.19 bits per heavy atom. The number of carbonyl (C=O) groups excluding carboxylic acids is 2. The first kappa shape index (κ1) is 19.5. The van der Waals surface area contributed by atoms with Crippen molar-refractivity contribution in [3.8, 4) is 0 Å². The molecular weight excluding hydrogens is 340 g/mol. The highest BCUT2D eigenvalue weighted by Crippen LogP contribution is 2.13. The molecule has 0 aliphatic carbocycles. The van der Waals surface area contributed by atoms with Crippen molar-refractivity contribution in [3.63, 3.8) is 0 Å². The van der Waals surface area contributed by atoms with Crippen LogP contribution in [0.5, 0.6) is 0 Å². The summed E-state index contributed by atoms with van der Waals surface area (Å²) in [5, 5.41) is 5.11. The lowest BCUT2D eigenvalue weighted by molar-refractivity contribution is -0.123. The Labute approximate surface area is 151 Å². The van der Waals surface area contributed by atoms with Gasteiger partial charge in [-0.15, -0.1) is 0 Å². The maximum absolute atomic E-state index is 13.9. The molecule has 0 spiro atoms. The van der Waals surface area contributed by atoms with Gasteiger partial charge in [0, 0.05) is 18.7 Å². The van der Waals surface area contributed by atoms with Crippen molar-refractivity contribution in [2.24, 2.45) is 0 Å². The first-order chi connectivity index (χ1) is 12.5. The summed E-state index contributed by atoms with van der Waals surface area (Å²) in [6.07, 6.45) is 0. The second-order valence-electron chi connectivity index (χ2n) is 5.72. The molecule has 2 aromatic rings. The van der Waals surface area contributed by atoms with Crippen LogP contribution in [0.15, 0.2) is 48.5 Å². The zero-order valence-corrected chi connectivity index (χ0v) is 14.5. The van der Waals surface area contributed by atoms with Crippen molar-refractivity contribution in [1.82, 2.24) is 10.2 Å². The quantitative estimate of drug-likeness (QED) is 0.760. The van der Waals surface area contributed by atoms with E-state index >= 15 is 0 Å². The molecule has 5 nitrogen and oxygen atoms in total. The van der Waals surface area contributed by atoms with E-state index in [0.29, 0.717) is 12.1 Å². The van der Waals surface area contributed by atoms with Crippen LogP contribution in [-0.2, 0) is 16.1 Å². The minimum atomic E-state index is -0.551. The molecule has 0 unspecified atom stereocenters. The van der Waals surface area contributed by atoms with E-state index in [0.717, 1.165) is 0 Å². The van der Waals surface area contributed by atoms with Crippen LogP contribution in [0.3, 0.4) is 0 Å². The lowest BCUT2D eigenvalue weighted by Crippen LogP contribution is -2.41. The predicted octanol–water partition coefficient (Wildman–Crippen LogP) is 2.54. The molecule has 0 atom stereocenters. The standard InChI is InChI=1S/C19H21F2N3O2/c1-2-22-18(25)12-24(11-14-7-3-4-8-15(14)20)13-19(26)23-17-10-6-5-9-16(17)21/h3-10H,2,11-13H2,1H3,(H,22,25)(H,23,26). The fraction of sp³-hybridized carbons (Fsp3) is 0.263. The molecule has 138 valence electrons. The molecule has 2 amide bonds. The number of carbonyl (C=O) groups is 2. The number of nitrogens with one attached hydrogen (secondary N) is 2. The molecule has 0 aliphatic rings. The van der Waals surface area contributed by atoms with Crippen LogP contribution in [0.1, 0.15) is 12.5 Å². The number of anilines is 1. The van der Waals surface area contributed by atoms with Gasteiger partial charge in [0.2, 0.25) is 11.8 Å². The van der Waals surface area contributed by atoms with Crippen molar-refractivity contribution in [3.05, 3.63) is 65.7 Å². The molecule has 0 aromatic heterocycles. The number of hydrogen-bond acceptors (Lipinski definition) is 3. The molecule has 2 rings (SSSR count). The maximum Gasteiger partial charge on any atom is 0.238 e. The van der Waals surface area contributed by atoms with Gasteiger partial charge in [0.1, 0.15) is 11.6 Å². The molecule has 0 radical (unpaired) electrons. The molecule has 0 aliphatic heterocycles. The topological polar surface area (TPSA) is 61.4 Å². The number of para-hydroxylation sites is 1. The molecule has 26 heavy (non-hydrogen) atoms. The third-order valence-corrected chi connectivity index (χ3v) is 3.61. The molecule has 0 heterocycles. The van der Waals surface area contributed by atoms with Crippen LogP contribution in [0.4, 0.5) is 14.5 Å². The number of nitrogens with zero attached hydrogens (tertiary/aromatic N) is 1. The minimum absolute atomic E-state index is 0.0568. The van der Waals surface area contributed by atoms with Crippen LogP contribution in [0, 0.1) is 11.6 Å². The lowest BCUT2D eigenvalue weighted by atomic mass is 10.2. The van der Waals surface area contributed by atoms with E-state index in [-0.39, 0.29) is 31.2 Å². The van der Waals surface area contributed by atoms with Gasteiger partial charge in [-0.05, 0) is 25.1 Å². The van der Waals surface area contributed by atoms with Crippen LogP contribution < -0.4 is 10.6 Å². The molecule has 0 bridgehead atoms. The van der Waals surface area contributed by atoms with Crippen molar-refractivity contribution in [2.45, 2.75) is 13.5 Å². The molecule has 2 N–H and O–H groups in total. The number of halogens is 2. The Hall–Kier alpha value is -2.80. The third kappa shape index (κ3) is 5.93. The van der Waals surface area contributed by atoms with Gasteiger partial charge >= 0.3 is 0 Å². The molecule has 0 saturated carbocycles. The van der Waals surface area contributed by atoms with Gasteiger partial charge in [-0.3, -0.25) is 14.5 Å². The number of likely N-dealkylation sites (N-methyl/N-ethyl adjacent to an activating group) is 1. The fourth-order valence-corrected chi connectivity index (χ4v) is 2.45. The van der Waals surface area contributed by atoms with E-state index in [1.807, 2.05) is 0 Å². The number of rotatable bonds is 8. The second-order valence-corrected chi connectivity index (χ2v) is 5.72. The highest BCUT2D eigenvalue weighted by molar-refractivity contribution is 5.92. The number of hydrogen-bond donors (Lipinski definition) is 2. The third-order valence-electron chi connectivity index (χ3n) is 3.61. The zero-order chi connectivity index (χ0) is 18.9. The summed E-state index contributed by atoms with van der Waals surface area (Å²) in [6, 6.07) is 12.0. The molecule has 7 heteroatoms. The Kier molecular flexibility index (Phi) is 7.23. The van der Waals surface area contributed by atoms with Crippen LogP contribution in [0.25, 0.3) is 0 Å². The van der Waals surface area contributed by atoms with Crippen molar-refractivity contribution < 1.29 is 18.4 Å². The van der Waals surface area contributed by atoms with Gasteiger partial charge in [0.15, 0.2) is 0 Å². The van der Waals surface area contributed by atoms with E-state index in [9.17, 15) is 18.4 Å². The molecule has 2 aromatic carbocycles. The predicted molar refractivity (Wildman–Crippen MR) is 95.4 cm³/mol. The van der Waals surface area contributed by atoms with E-state index < -0.39 is 17.5 Å². The highest BCUT2D eigenvalue weighted by Gasteiger charge is 2.17. The van der Waals surface area contributed by atoms with Crippen molar-refractivity contribution in [1.29, 1.82) is 0 Å². The average Bonchev–Trinajstić information content (AvgIpc) is 2.59. The van der Waals surface area contributed by atoms with Crippen LogP contribution in [-0.4, -0.2) is 36.3 Å². The lowest BCUT2D eigenvalue weighted by Gasteiger charge is -2.21. The zero-order valence-electron chi connectivity index (χ0n) is 14.5.